The van der Waals surface area contributed by atoms with Gasteiger partial charge in [-0.05, 0) is 31.0 Å². The van der Waals surface area contributed by atoms with Crippen LogP contribution in [0.15, 0.2) is 24.3 Å². The van der Waals surface area contributed by atoms with E-state index in [-0.39, 0.29) is 5.75 Å². The molecule has 4 nitrogen and oxygen atoms in total. The van der Waals surface area contributed by atoms with E-state index in [0.29, 0.717) is 10.8 Å². The van der Waals surface area contributed by atoms with Crippen LogP contribution in [0.3, 0.4) is 0 Å². The second-order valence-corrected chi connectivity index (χ2v) is 5.32. The summed E-state index contributed by atoms with van der Waals surface area (Å²) in [5.74, 6) is 1.52. The smallest absolute Gasteiger partial charge is 0.161 e. The number of phenols is 1. The van der Waals surface area contributed by atoms with Gasteiger partial charge in [0.1, 0.15) is 11.6 Å². The van der Waals surface area contributed by atoms with Gasteiger partial charge in [0.05, 0.1) is 5.02 Å². The molecular weight excluding hydrogens is 286 g/mol. The number of hydrogen-bond donors (Lipinski definition) is 2. The molecule has 0 aliphatic heterocycles. The lowest BCUT2D eigenvalue weighted by Crippen LogP contribution is -2.05. The third kappa shape index (κ3) is 4.08. The van der Waals surface area contributed by atoms with Crippen molar-refractivity contribution in [1.29, 1.82) is 0 Å². The first-order valence-electron chi connectivity index (χ1n) is 7.24. The Morgan fingerprint density at radius 2 is 1.95 bits per heavy atom. The first kappa shape index (κ1) is 15.6. The number of rotatable bonds is 6. The summed E-state index contributed by atoms with van der Waals surface area (Å²) < 4.78 is 0. The van der Waals surface area contributed by atoms with E-state index in [4.69, 9.17) is 11.6 Å². The van der Waals surface area contributed by atoms with Crippen LogP contribution in [0.25, 0.3) is 11.4 Å². The van der Waals surface area contributed by atoms with E-state index < -0.39 is 0 Å². The summed E-state index contributed by atoms with van der Waals surface area (Å²) in [4.78, 5) is 9.11. The zero-order chi connectivity index (χ0) is 15.2. The van der Waals surface area contributed by atoms with Crippen molar-refractivity contribution in [2.24, 2.45) is 0 Å². The van der Waals surface area contributed by atoms with E-state index in [1.807, 2.05) is 6.07 Å². The molecule has 0 fully saturated rings. The van der Waals surface area contributed by atoms with Crippen LogP contribution in [0.5, 0.6) is 5.75 Å². The highest BCUT2D eigenvalue weighted by Crippen LogP contribution is 2.28. The quantitative estimate of drug-likeness (QED) is 0.836. The maximum Gasteiger partial charge on any atom is 0.161 e. The molecule has 0 bridgehead atoms. The summed E-state index contributed by atoms with van der Waals surface area (Å²) in [6, 6.07) is 7.01. The first-order valence-corrected chi connectivity index (χ1v) is 7.62. The Bertz CT molecular complexity index is 616. The van der Waals surface area contributed by atoms with E-state index in [0.717, 1.165) is 42.9 Å². The third-order valence-electron chi connectivity index (χ3n) is 3.05. The van der Waals surface area contributed by atoms with Crippen LogP contribution in [0.1, 0.15) is 32.4 Å². The molecule has 112 valence electrons. The van der Waals surface area contributed by atoms with Gasteiger partial charge in [-0.2, -0.15) is 0 Å². The summed E-state index contributed by atoms with van der Waals surface area (Å²) >= 11 is 5.97. The first-order chi connectivity index (χ1) is 10.1. The molecule has 2 rings (SSSR count). The standard InChI is InChI=1S/C16H20ClN3O/c1-3-5-12-10-15(18-8-4-2)20-16(19-12)11-6-7-14(21)13(17)9-11/h6-7,9-10,21H,3-5,8H2,1-2H3,(H,18,19,20). The number of benzene rings is 1. The average Bonchev–Trinajstić information content (AvgIpc) is 2.48. The Labute approximate surface area is 130 Å². The molecule has 2 aromatic rings. The van der Waals surface area contributed by atoms with Gasteiger partial charge in [-0.25, -0.2) is 9.97 Å². The van der Waals surface area contributed by atoms with Gasteiger partial charge in [0.25, 0.3) is 0 Å². The molecule has 1 aromatic heterocycles. The second kappa shape index (κ2) is 7.27. The zero-order valence-corrected chi connectivity index (χ0v) is 13.1. The van der Waals surface area contributed by atoms with Gasteiger partial charge in [0.2, 0.25) is 0 Å². The van der Waals surface area contributed by atoms with Crippen molar-refractivity contribution in [1.82, 2.24) is 9.97 Å². The molecule has 1 aromatic carbocycles. The van der Waals surface area contributed by atoms with Crippen LogP contribution < -0.4 is 5.32 Å². The summed E-state index contributed by atoms with van der Waals surface area (Å²) in [5, 5.41) is 13.1. The Hall–Kier alpha value is -1.81. The van der Waals surface area contributed by atoms with Crippen LogP contribution in [0.4, 0.5) is 5.82 Å². The van der Waals surface area contributed by atoms with Gasteiger partial charge in [0.15, 0.2) is 5.82 Å². The highest BCUT2D eigenvalue weighted by molar-refractivity contribution is 6.32. The van der Waals surface area contributed by atoms with Gasteiger partial charge in [-0.15, -0.1) is 0 Å². The van der Waals surface area contributed by atoms with Crippen molar-refractivity contribution in [3.63, 3.8) is 0 Å². The average molecular weight is 306 g/mol. The van der Waals surface area contributed by atoms with E-state index >= 15 is 0 Å². The number of nitrogens with one attached hydrogen (secondary N) is 1. The molecule has 0 saturated carbocycles. The predicted molar refractivity (Wildman–Crippen MR) is 86.9 cm³/mol. The van der Waals surface area contributed by atoms with E-state index in [1.165, 1.54) is 0 Å². The van der Waals surface area contributed by atoms with Crippen LogP contribution >= 0.6 is 11.6 Å². The highest BCUT2D eigenvalue weighted by atomic mass is 35.5. The third-order valence-corrected chi connectivity index (χ3v) is 3.35. The summed E-state index contributed by atoms with van der Waals surface area (Å²) in [6.45, 7) is 5.11. The van der Waals surface area contributed by atoms with Crippen molar-refractivity contribution >= 4 is 17.4 Å². The largest absolute Gasteiger partial charge is 0.506 e. The van der Waals surface area contributed by atoms with Crippen LogP contribution in [-0.4, -0.2) is 21.6 Å². The minimum Gasteiger partial charge on any atom is -0.506 e. The maximum atomic E-state index is 9.52. The topological polar surface area (TPSA) is 58.0 Å². The summed E-state index contributed by atoms with van der Waals surface area (Å²) in [5.41, 5.74) is 1.81. The van der Waals surface area contributed by atoms with E-state index in [1.54, 1.807) is 18.2 Å². The fourth-order valence-electron chi connectivity index (χ4n) is 2.00. The molecular formula is C16H20ClN3O. The van der Waals surface area contributed by atoms with Gasteiger partial charge in [-0.3, -0.25) is 0 Å². The lowest BCUT2D eigenvalue weighted by molar-refractivity contribution is 0.475. The Morgan fingerprint density at radius 1 is 1.14 bits per heavy atom. The number of aromatic hydroxyl groups is 1. The number of anilines is 1. The molecule has 0 saturated heterocycles. The minimum absolute atomic E-state index is 0.0643. The lowest BCUT2D eigenvalue weighted by Gasteiger charge is -2.10. The molecule has 0 aliphatic rings. The fraction of sp³-hybridized carbons (Fsp3) is 0.375. The van der Waals surface area contributed by atoms with Crippen molar-refractivity contribution < 1.29 is 5.11 Å². The number of hydrogen-bond acceptors (Lipinski definition) is 4. The molecule has 2 N–H and O–H groups in total. The predicted octanol–water partition coefficient (Wildman–Crippen LogP) is 4.28. The molecule has 0 atom stereocenters. The van der Waals surface area contributed by atoms with Crippen molar-refractivity contribution in [3.05, 3.63) is 35.0 Å². The highest BCUT2D eigenvalue weighted by Gasteiger charge is 2.09. The molecule has 0 spiro atoms. The Morgan fingerprint density at radius 3 is 2.62 bits per heavy atom. The normalized spacial score (nSPS) is 10.6. The Balaban J connectivity index is 2.40. The molecule has 0 unspecified atom stereocenters. The monoisotopic (exact) mass is 305 g/mol. The number of phenolic OH excluding ortho intramolecular Hbond substituents is 1. The number of halogens is 1. The number of nitrogens with zero attached hydrogens (tertiary/aromatic N) is 2. The van der Waals surface area contributed by atoms with Gasteiger partial charge >= 0.3 is 0 Å². The minimum atomic E-state index is 0.0643. The number of aromatic nitrogens is 2. The fourth-order valence-corrected chi connectivity index (χ4v) is 2.18. The summed E-state index contributed by atoms with van der Waals surface area (Å²) in [7, 11) is 0. The number of aryl methyl sites for hydroxylation is 1. The van der Waals surface area contributed by atoms with Crippen LogP contribution in [-0.2, 0) is 6.42 Å². The van der Waals surface area contributed by atoms with Crippen molar-refractivity contribution in [2.75, 3.05) is 11.9 Å². The van der Waals surface area contributed by atoms with Gasteiger partial charge in [-0.1, -0.05) is 31.9 Å². The molecule has 0 amide bonds. The molecule has 1 heterocycles. The maximum absolute atomic E-state index is 9.52. The van der Waals surface area contributed by atoms with Gasteiger partial charge in [0, 0.05) is 23.9 Å². The van der Waals surface area contributed by atoms with Crippen LogP contribution in [0.2, 0.25) is 5.02 Å². The van der Waals surface area contributed by atoms with Crippen molar-refractivity contribution in [3.8, 4) is 17.1 Å². The summed E-state index contributed by atoms with van der Waals surface area (Å²) in [6.07, 6.45) is 2.97. The molecule has 0 radical (unpaired) electrons. The van der Waals surface area contributed by atoms with E-state index in [9.17, 15) is 5.11 Å². The second-order valence-electron chi connectivity index (χ2n) is 4.91. The zero-order valence-electron chi connectivity index (χ0n) is 12.4. The molecule has 5 heteroatoms. The van der Waals surface area contributed by atoms with Crippen molar-refractivity contribution in [2.45, 2.75) is 33.1 Å². The lowest BCUT2D eigenvalue weighted by atomic mass is 10.2. The van der Waals surface area contributed by atoms with Crippen LogP contribution in [0, 0.1) is 0 Å². The van der Waals surface area contributed by atoms with E-state index in [2.05, 4.69) is 29.1 Å². The molecule has 21 heavy (non-hydrogen) atoms. The SMILES string of the molecule is CCCNc1cc(CCC)nc(-c2ccc(O)c(Cl)c2)n1. The van der Waals surface area contributed by atoms with Gasteiger partial charge < -0.3 is 10.4 Å². The Kier molecular flexibility index (Phi) is 5.39. The molecule has 0 aliphatic carbocycles.